The Morgan fingerprint density at radius 1 is 1.35 bits per heavy atom. The molecular weight excluding hydrogens is 306 g/mol. The van der Waals surface area contributed by atoms with Crippen molar-refractivity contribution in [1.82, 2.24) is 14.9 Å². The maximum absolute atomic E-state index is 12.2. The van der Waals surface area contributed by atoms with Gasteiger partial charge in [0.1, 0.15) is 18.3 Å². The van der Waals surface area contributed by atoms with Crippen LogP contribution >= 0.6 is 0 Å². The second kappa shape index (κ2) is 5.84. The number of hydrogen-bond donors (Lipinski definition) is 3. The predicted octanol–water partition coefficient (Wildman–Crippen LogP) is -1.33. The first-order valence-corrected chi connectivity index (χ1v) is 7.47. The maximum atomic E-state index is 12.2. The minimum absolute atomic E-state index is 0.251. The van der Waals surface area contributed by atoms with Gasteiger partial charge < -0.3 is 24.6 Å². The number of nitrogens with one attached hydrogen (secondary N) is 2. The van der Waals surface area contributed by atoms with Crippen molar-refractivity contribution < 1.29 is 19.3 Å². The largest absolute Gasteiger partial charge is 0.394 e. The molecule has 0 bridgehead atoms. The summed E-state index contributed by atoms with van der Waals surface area (Å²) in [6, 6.07) is 0. The van der Waals surface area contributed by atoms with Crippen molar-refractivity contribution in [3.05, 3.63) is 32.6 Å². The average molecular weight is 327 g/mol. The zero-order valence-electron chi connectivity index (χ0n) is 13.2. The summed E-state index contributed by atoms with van der Waals surface area (Å²) in [5, 5.41) is 12.4. The maximum Gasteiger partial charge on any atom is 0.330 e. The second-order valence-corrected chi connectivity index (χ2v) is 6.16. The number of hydrogen-bond acceptors (Lipinski definition) is 7. The van der Waals surface area contributed by atoms with Gasteiger partial charge in [0.15, 0.2) is 12.0 Å². The number of ether oxygens (including phenoxy) is 3. The molecule has 2 aliphatic heterocycles. The summed E-state index contributed by atoms with van der Waals surface area (Å²) in [6.07, 6.45) is -0.953. The molecule has 9 heteroatoms. The van der Waals surface area contributed by atoms with E-state index in [0.29, 0.717) is 12.1 Å². The van der Waals surface area contributed by atoms with Crippen LogP contribution in [0.2, 0.25) is 0 Å². The van der Waals surface area contributed by atoms with Crippen molar-refractivity contribution in [3.63, 3.8) is 0 Å². The SMILES string of the molecule is CNCc1cn([C@@H]2O[C@H](CO)C3OC(C)(C)O[C@@H]32)c(=O)[nH]c1=O. The third kappa shape index (κ3) is 2.86. The van der Waals surface area contributed by atoms with Gasteiger partial charge in [0, 0.05) is 18.3 Å². The molecule has 9 nitrogen and oxygen atoms in total. The Balaban J connectivity index is 2.00. The first kappa shape index (κ1) is 16.3. The van der Waals surface area contributed by atoms with E-state index in [4.69, 9.17) is 14.2 Å². The second-order valence-electron chi connectivity index (χ2n) is 6.16. The van der Waals surface area contributed by atoms with Gasteiger partial charge in [0.2, 0.25) is 0 Å². The number of H-pyrrole nitrogens is 1. The molecule has 1 unspecified atom stereocenters. The van der Waals surface area contributed by atoms with Crippen molar-refractivity contribution in [3.8, 4) is 0 Å². The molecule has 128 valence electrons. The van der Waals surface area contributed by atoms with E-state index >= 15 is 0 Å². The molecule has 3 rings (SSSR count). The Bertz CT molecular complexity index is 696. The van der Waals surface area contributed by atoms with Crippen LogP contribution in [0.15, 0.2) is 15.8 Å². The van der Waals surface area contributed by atoms with Crippen molar-refractivity contribution in [2.45, 2.75) is 50.7 Å². The fourth-order valence-corrected chi connectivity index (χ4v) is 3.06. The summed E-state index contributed by atoms with van der Waals surface area (Å²) in [4.78, 5) is 26.3. The van der Waals surface area contributed by atoms with Gasteiger partial charge >= 0.3 is 5.69 Å². The lowest BCUT2D eigenvalue weighted by molar-refractivity contribution is -0.200. The standard InChI is InChI=1S/C14H21N3O6/c1-14(2)22-9-8(6-18)21-12(10(9)23-14)17-5-7(4-15-3)11(19)16-13(17)20/h5,8-10,12,15,18H,4,6H2,1-3H3,(H,16,19,20)/t8-,9?,10+,12-/m1/s1. The van der Waals surface area contributed by atoms with E-state index in [2.05, 4.69) is 10.3 Å². The summed E-state index contributed by atoms with van der Waals surface area (Å²) in [6.45, 7) is 3.58. The number of nitrogens with zero attached hydrogens (tertiary/aromatic N) is 1. The lowest BCUT2D eigenvalue weighted by Crippen LogP contribution is -2.39. The van der Waals surface area contributed by atoms with E-state index < -0.39 is 41.6 Å². The highest BCUT2D eigenvalue weighted by Gasteiger charge is 2.55. The molecule has 1 aromatic rings. The number of aliphatic hydroxyl groups excluding tert-OH is 1. The molecule has 4 atom stereocenters. The summed E-state index contributed by atoms with van der Waals surface area (Å²) < 4.78 is 18.6. The van der Waals surface area contributed by atoms with Crippen LogP contribution in [0.1, 0.15) is 25.6 Å². The molecule has 0 radical (unpaired) electrons. The fraction of sp³-hybridized carbons (Fsp3) is 0.714. The van der Waals surface area contributed by atoms with Gasteiger partial charge in [-0.15, -0.1) is 0 Å². The smallest absolute Gasteiger partial charge is 0.330 e. The minimum Gasteiger partial charge on any atom is -0.394 e. The first-order valence-electron chi connectivity index (χ1n) is 7.47. The number of fused-ring (bicyclic) bond motifs is 1. The Morgan fingerprint density at radius 2 is 2.04 bits per heavy atom. The van der Waals surface area contributed by atoms with Gasteiger partial charge in [-0.25, -0.2) is 4.79 Å². The molecule has 2 saturated heterocycles. The van der Waals surface area contributed by atoms with E-state index in [1.54, 1.807) is 20.9 Å². The molecule has 0 spiro atoms. The van der Waals surface area contributed by atoms with Crippen molar-refractivity contribution in [1.29, 1.82) is 0 Å². The number of aromatic amines is 1. The van der Waals surface area contributed by atoms with Crippen LogP contribution in [0.4, 0.5) is 0 Å². The van der Waals surface area contributed by atoms with E-state index in [-0.39, 0.29) is 6.61 Å². The van der Waals surface area contributed by atoms with Gasteiger partial charge in [0.25, 0.3) is 5.56 Å². The van der Waals surface area contributed by atoms with E-state index in [1.165, 1.54) is 10.8 Å². The molecule has 0 aromatic carbocycles. The zero-order chi connectivity index (χ0) is 16.8. The molecule has 0 aliphatic carbocycles. The quantitative estimate of drug-likeness (QED) is 0.627. The summed E-state index contributed by atoms with van der Waals surface area (Å²) in [5.41, 5.74) is -0.638. The van der Waals surface area contributed by atoms with Crippen LogP contribution in [0.5, 0.6) is 0 Å². The molecular formula is C14H21N3O6. The van der Waals surface area contributed by atoms with E-state index in [0.717, 1.165) is 0 Å². The Kier molecular flexibility index (Phi) is 4.15. The zero-order valence-corrected chi connectivity index (χ0v) is 13.2. The normalized spacial score (nSPS) is 32.2. The van der Waals surface area contributed by atoms with Crippen LogP contribution in [-0.2, 0) is 20.8 Å². The van der Waals surface area contributed by atoms with Gasteiger partial charge in [-0.2, -0.15) is 0 Å². The molecule has 3 heterocycles. The van der Waals surface area contributed by atoms with Crippen LogP contribution in [0.25, 0.3) is 0 Å². The highest BCUT2D eigenvalue weighted by molar-refractivity contribution is 5.06. The van der Waals surface area contributed by atoms with Gasteiger partial charge in [-0.05, 0) is 20.9 Å². The molecule has 23 heavy (non-hydrogen) atoms. The molecule has 2 fully saturated rings. The van der Waals surface area contributed by atoms with Crippen molar-refractivity contribution in [2.24, 2.45) is 0 Å². The first-order chi connectivity index (χ1) is 10.9. The van der Waals surface area contributed by atoms with Crippen molar-refractivity contribution in [2.75, 3.05) is 13.7 Å². The lowest BCUT2D eigenvalue weighted by atomic mass is 10.1. The Morgan fingerprint density at radius 3 is 2.70 bits per heavy atom. The topological polar surface area (TPSA) is 115 Å². The summed E-state index contributed by atoms with van der Waals surface area (Å²) in [7, 11) is 1.70. The Hall–Kier alpha value is -1.52. The van der Waals surface area contributed by atoms with Crippen molar-refractivity contribution >= 4 is 0 Å². The highest BCUT2D eigenvalue weighted by Crippen LogP contribution is 2.42. The van der Waals surface area contributed by atoms with Crippen LogP contribution in [0, 0.1) is 0 Å². The van der Waals surface area contributed by atoms with E-state index in [1.807, 2.05) is 0 Å². The van der Waals surface area contributed by atoms with E-state index in [9.17, 15) is 14.7 Å². The average Bonchev–Trinajstić information content (AvgIpc) is 2.95. The molecule has 0 saturated carbocycles. The summed E-state index contributed by atoms with van der Waals surface area (Å²) >= 11 is 0. The third-order valence-corrected chi connectivity index (χ3v) is 3.99. The monoisotopic (exact) mass is 327 g/mol. The molecule has 0 amide bonds. The third-order valence-electron chi connectivity index (χ3n) is 3.99. The number of aliphatic hydroxyl groups is 1. The van der Waals surface area contributed by atoms with Crippen LogP contribution < -0.4 is 16.6 Å². The number of aromatic nitrogens is 2. The lowest BCUT2D eigenvalue weighted by Gasteiger charge is -2.24. The minimum atomic E-state index is -0.829. The molecule has 3 N–H and O–H groups in total. The molecule has 2 aliphatic rings. The molecule has 1 aromatic heterocycles. The number of rotatable bonds is 4. The highest BCUT2D eigenvalue weighted by atomic mass is 16.8. The van der Waals surface area contributed by atoms with Crippen LogP contribution in [-0.4, -0.2) is 52.4 Å². The van der Waals surface area contributed by atoms with Gasteiger partial charge in [0.05, 0.1) is 6.61 Å². The van der Waals surface area contributed by atoms with Gasteiger partial charge in [-0.1, -0.05) is 0 Å². The Labute approximate surface area is 132 Å². The van der Waals surface area contributed by atoms with Gasteiger partial charge in [-0.3, -0.25) is 14.3 Å². The predicted molar refractivity (Wildman–Crippen MR) is 78.9 cm³/mol. The fourth-order valence-electron chi connectivity index (χ4n) is 3.06. The summed E-state index contributed by atoms with van der Waals surface area (Å²) in [5.74, 6) is -0.829. The van der Waals surface area contributed by atoms with Crippen LogP contribution in [0.3, 0.4) is 0 Å².